The van der Waals surface area contributed by atoms with Gasteiger partial charge in [-0.25, -0.2) is 9.97 Å². The van der Waals surface area contributed by atoms with Crippen LogP contribution in [0.4, 0.5) is 5.95 Å². The van der Waals surface area contributed by atoms with Gasteiger partial charge in [-0.05, 0) is 12.8 Å². The SMILES string of the molecule is Cn1cc(-c2cncc3cnc(N[C@@H]4CCCC[C@@H]4N)nc23)cn1. The number of rotatable bonds is 3. The molecule has 0 aliphatic heterocycles. The summed E-state index contributed by atoms with van der Waals surface area (Å²) in [5.41, 5.74) is 9.05. The van der Waals surface area contributed by atoms with Gasteiger partial charge in [0.25, 0.3) is 0 Å². The molecule has 0 saturated heterocycles. The minimum absolute atomic E-state index is 0.160. The first-order valence-electron chi connectivity index (χ1n) is 8.32. The summed E-state index contributed by atoms with van der Waals surface area (Å²) in [6.07, 6.45) is 13.7. The summed E-state index contributed by atoms with van der Waals surface area (Å²) in [6, 6.07) is 0.396. The molecule has 0 amide bonds. The van der Waals surface area contributed by atoms with Gasteiger partial charge in [0.1, 0.15) is 0 Å². The molecule has 4 rings (SSSR count). The van der Waals surface area contributed by atoms with E-state index in [9.17, 15) is 0 Å². The molecule has 3 N–H and O–H groups in total. The molecule has 7 nitrogen and oxygen atoms in total. The summed E-state index contributed by atoms with van der Waals surface area (Å²) in [5, 5.41) is 8.57. The number of aryl methyl sites for hydroxylation is 1. The molecule has 3 aromatic heterocycles. The van der Waals surface area contributed by atoms with E-state index in [0.717, 1.165) is 34.9 Å². The Morgan fingerprint density at radius 2 is 2.04 bits per heavy atom. The van der Waals surface area contributed by atoms with Crippen molar-refractivity contribution in [2.24, 2.45) is 12.8 Å². The maximum atomic E-state index is 6.22. The van der Waals surface area contributed by atoms with Gasteiger partial charge in [0.05, 0.1) is 11.7 Å². The van der Waals surface area contributed by atoms with Crippen LogP contribution in [0.5, 0.6) is 0 Å². The highest BCUT2D eigenvalue weighted by Gasteiger charge is 2.22. The number of nitrogens with zero attached hydrogens (tertiary/aromatic N) is 5. The van der Waals surface area contributed by atoms with E-state index >= 15 is 0 Å². The van der Waals surface area contributed by atoms with E-state index in [0.29, 0.717) is 5.95 Å². The van der Waals surface area contributed by atoms with Gasteiger partial charge in [0, 0.05) is 60.4 Å². The summed E-state index contributed by atoms with van der Waals surface area (Å²) in [5.74, 6) is 0.626. The molecule has 0 spiro atoms. The maximum Gasteiger partial charge on any atom is 0.223 e. The number of nitrogens with one attached hydrogen (secondary N) is 1. The van der Waals surface area contributed by atoms with Crippen molar-refractivity contribution in [1.29, 1.82) is 0 Å². The Kier molecular flexibility index (Phi) is 3.86. The van der Waals surface area contributed by atoms with Crippen molar-refractivity contribution in [3.05, 3.63) is 31.0 Å². The molecule has 3 heterocycles. The minimum Gasteiger partial charge on any atom is -0.350 e. The Balaban J connectivity index is 1.71. The maximum absolute atomic E-state index is 6.22. The first kappa shape index (κ1) is 15.0. The lowest BCUT2D eigenvalue weighted by molar-refractivity contribution is 0.402. The smallest absolute Gasteiger partial charge is 0.223 e. The Bertz CT molecular complexity index is 857. The van der Waals surface area contributed by atoms with Crippen molar-refractivity contribution < 1.29 is 0 Å². The lowest BCUT2D eigenvalue weighted by atomic mass is 9.91. The Morgan fingerprint density at radius 3 is 2.83 bits per heavy atom. The number of anilines is 1. The molecule has 2 atom stereocenters. The van der Waals surface area contributed by atoms with E-state index in [1.165, 1.54) is 12.8 Å². The van der Waals surface area contributed by atoms with Crippen LogP contribution in [0.2, 0.25) is 0 Å². The van der Waals surface area contributed by atoms with Gasteiger partial charge in [-0.1, -0.05) is 12.8 Å². The first-order valence-corrected chi connectivity index (χ1v) is 8.32. The zero-order valence-corrected chi connectivity index (χ0v) is 13.7. The van der Waals surface area contributed by atoms with Crippen LogP contribution in [-0.2, 0) is 7.05 Å². The van der Waals surface area contributed by atoms with Crippen LogP contribution in [-0.4, -0.2) is 36.8 Å². The molecular formula is C17H21N7. The number of hydrogen-bond donors (Lipinski definition) is 2. The van der Waals surface area contributed by atoms with Crippen molar-refractivity contribution in [1.82, 2.24) is 24.7 Å². The number of nitrogens with two attached hydrogens (primary N) is 1. The molecule has 0 bridgehead atoms. The van der Waals surface area contributed by atoms with Crippen LogP contribution >= 0.6 is 0 Å². The van der Waals surface area contributed by atoms with E-state index in [4.69, 9.17) is 10.7 Å². The summed E-state index contributed by atoms with van der Waals surface area (Å²) in [4.78, 5) is 13.5. The fourth-order valence-corrected chi connectivity index (χ4v) is 3.30. The van der Waals surface area contributed by atoms with Gasteiger partial charge < -0.3 is 11.1 Å². The topological polar surface area (TPSA) is 94.5 Å². The van der Waals surface area contributed by atoms with Crippen molar-refractivity contribution >= 4 is 16.9 Å². The third-order valence-electron chi connectivity index (χ3n) is 4.64. The van der Waals surface area contributed by atoms with Gasteiger partial charge in [0.15, 0.2) is 0 Å². The van der Waals surface area contributed by atoms with E-state index in [1.807, 2.05) is 31.8 Å². The zero-order valence-electron chi connectivity index (χ0n) is 13.7. The lowest BCUT2D eigenvalue weighted by Crippen LogP contribution is -2.42. The molecule has 3 aromatic rings. The number of fused-ring (bicyclic) bond motifs is 1. The molecule has 1 aliphatic carbocycles. The molecule has 1 saturated carbocycles. The molecule has 0 unspecified atom stereocenters. The van der Waals surface area contributed by atoms with Crippen molar-refractivity contribution in [3.8, 4) is 11.1 Å². The largest absolute Gasteiger partial charge is 0.350 e. The van der Waals surface area contributed by atoms with Gasteiger partial charge in [-0.15, -0.1) is 0 Å². The van der Waals surface area contributed by atoms with Crippen LogP contribution in [0.25, 0.3) is 22.0 Å². The molecule has 0 radical (unpaired) electrons. The first-order chi connectivity index (χ1) is 11.7. The minimum atomic E-state index is 0.160. The van der Waals surface area contributed by atoms with Crippen LogP contribution in [0.3, 0.4) is 0 Å². The van der Waals surface area contributed by atoms with E-state index in [-0.39, 0.29) is 12.1 Å². The third-order valence-corrected chi connectivity index (χ3v) is 4.64. The molecule has 1 fully saturated rings. The summed E-state index contributed by atoms with van der Waals surface area (Å²) < 4.78 is 1.77. The zero-order chi connectivity index (χ0) is 16.5. The third kappa shape index (κ3) is 2.82. The average molecular weight is 323 g/mol. The predicted octanol–water partition coefficient (Wildman–Crippen LogP) is 2.11. The van der Waals surface area contributed by atoms with Crippen molar-refractivity contribution in [2.75, 3.05) is 5.32 Å². The fraction of sp³-hybridized carbons (Fsp3) is 0.412. The van der Waals surface area contributed by atoms with Crippen molar-refractivity contribution in [3.63, 3.8) is 0 Å². The summed E-state index contributed by atoms with van der Waals surface area (Å²) in [7, 11) is 1.90. The predicted molar refractivity (Wildman–Crippen MR) is 93.4 cm³/mol. The number of pyridine rings is 1. The van der Waals surface area contributed by atoms with Crippen LogP contribution in [0, 0.1) is 0 Å². The quantitative estimate of drug-likeness (QED) is 0.766. The number of aromatic nitrogens is 5. The van der Waals surface area contributed by atoms with Crippen LogP contribution < -0.4 is 11.1 Å². The fourth-order valence-electron chi connectivity index (χ4n) is 3.30. The number of hydrogen-bond acceptors (Lipinski definition) is 6. The highest BCUT2D eigenvalue weighted by atomic mass is 15.2. The summed E-state index contributed by atoms with van der Waals surface area (Å²) >= 11 is 0. The standard InChI is InChI=1S/C17H21N7/c1-24-10-12(8-21-24)13-9-19-6-11-7-20-17(23-16(11)13)22-15-5-3-2-4-14(15)18/h6-10,14-15H,2-5,18H2,1H3,(H,20,22,23)/t14-,15+/m0/s1. The lowest BCUT2D eigenvalue weighted by Gasteiger charge is -2.29. The summed E-state index contributed by atoms with van der Waals surface area (Å²) in [6.45, 7) is 0. The Morgan fingerprint density at radius 1 is 1.17 bits per heavy atom. The molecule has 124 valence electrons. The van der Waals surface area contributed by atoms with E-state index in [2.05, 4.69) is 20.4 Å². The van der Waals surface area contributed by atoms with Crippen LogP contribution in [0.15, 0.2) is 31.0 Å². The average Bonchev–Trinajstić information content (AvgIpc) is 3.03. The molecule has 7 heteroatoms. The molecule has 0 aromatic carbocycles. The van der Waals surface area contributed by atoms with Gasteiger partial charge in [-0.2, -0.15) is 5.10 Å². The monoisotopic (exact) mass is 323 g/mol. The second kappa shape index (κ2) is 6.16. The van der Waals surface area contributed by atoms with Gasteiger partial charge in [0.2, 0.25) is 5.95 Å². The van der Waals surface area contributed by atoms with Crippen LogP contribution in [0.1, 0.15) is 25.7 Å². The Labute approximate surface area is 140 Å². The van der Waals surface area contributed by atoms with Gasteiger partial charge in [-0.3, -0.25) is 9.67 Å². The molecular weight excluding hydrogens is 302 g/mol. The van der Waals surface area contributed by atoms with Gasteiger partial charge >= 0.3 is 0 Å². The normalized spacial score (nSPS) is 21.1. The molecule has 24 heavy (non-hydrogen) atoms. The highest BCUT2D eigenvalue weighted by molar-refractivity contribution is 5.92. The molecule has 1 aliphatic rings. The van der Waals surface area contributed by atoms with E-state index < -0.39 is 0 Å². The second-order valence-corrected chi connectivity index (χ2v) is 6.42. The second-order valence-electron chi connectivity index (χ2n) is 6.42. The van der Waals surface area contributed by atoms with E-state index in [1.54, 1.807) is 10.9 Å². The highest BCUT2D eigenvalue weighted by Crippen LogP contribution is 2.27. The van der Waals surface area contributed by atoms with Crippen molar-refractivity contribution in [2.45, 2.75) is 37.8 Å². The Hall–Kier alpha value is -2.54.